The zero-order valence-electron chi connectivity index (χ0n) is 9.21. The first kappa shape index (κ1) is 11.0. The Morgan fingerprint density at radius 3 is 2.50 bits per heavy atom. The van der Waals surface area contributed by atoms with Crippen LogP contribution in [-0.4, -0.2) is 6.29 Å². The van der Waals surface area contributed by atoms with Crippen molar-refractivity contribution in [3.8, 4) is 0 Å². The highest BCUT2D eigenvalue weighted by molar-refractivity contribution is 5.62. The van der Waals surface area contributed by atoms with Gasteiger partial charge >= 0.3 is 0 Å². The third kappa shape index (κ3) is 2.22. The van der Waals surface area contributed by atoms with Gasteiger partial charge in [0, 0.05) is 5.92 Å². The van der Waals surface area contributed by atoms with Crippen molar-refractivity contribution < 1.29 is 4.79 Å². The normalized spacial score (nSPS) is 12.5. The lowest BCUT2D eigenvalue weighted by molar-refractivity contribution is -0.108. The zero-order chi connectivity index (χ0) is 10.6. The minimum absolute atomic E-state index is 0.0239. The molecule has 0 aliphatic rings. The number of hydrogen-bond acceptors (Lipinski definition) is 1. The largest absolute Gasteiger partial charge is 0.303 e. The van der Waals surface area contributed by atoms with Gasteiger partial charge in [-0.05, 0) is 29.5 Å². The summed E-state index contributed by atoms with van der Waals surface area (Å²) in [4.78, 5) is 10.7. The van der Waals surface area contributed by atoms with Crippen molar-refractivity contribution in [1.82, 2.24) is 0 Å². The van der Waals surface area contributed by atoms with Gasteiger partial charge in [0.25, 0.3) is 0 Å². The predicted octanol–water partition coefficient (Wildman–Crippen LogP) is 3.11. The van der Waals surface area contributed by atoms with Crippen LogP contribution >= 0.6 is 0 Å². The van der Waals surface area contributed by atoms with E-state index < -0.39 is 0 Å². The summed E-state index contributed by atoms with van der Waals surface area (Å²) < 4.78 is 0. The van der Waals surface area contributed by atoms with Gasteiger partial charge in [0.1, 0.15) is 6.29 Å². The zero-order valence-corrected chi connectivity index (χ0v) is 9.21. The number of hydrogen-bond donors (Lipinski definition) is 0. The summed E-state index contributed by atoms with van der Waals surface area (Å²) in [5, 5.41) is 0. The molecule has 0 heterocycles. The fourth-order valence-electron chi connectivity index (χ4n) is 1.70. The Labute approximate surface area is 86.1 Å². The Morgan fingerprint density at radius 2 is 2.00 bits per heavy atom. The van der Waals surface area contributed by atoms with Gasteiger partial charge in [-0.25, -0.2) is 0 Å². The van der Waals surface area contributed by atoms with Gasteiger partial charge in [0.2, 0.25) is 0 Å². The van der Waals surface area contributed by atoms with Crippen LogP contribution < -0.4 is 0 Å². The molecular weight excluding hydrogens is 172 g/mol. The summed E-state index contributed by atoms with van der Waals surface area (Å²) in [6.45, 7) is 6.24. The molecule has 0 aliphatic carbocycles. The van der Waals surface area contributed by atoms with Crippen LogP contribution in [0.25, 0.3) is 0 Å². The van der Waals surface area contributed by atoms with E-state index in [0.717, 1.165) is 19.1 Å². The Hall–Kier alpha value is -1.11. The first-order valence-electron chi connectivity index (χ1n) is 5.29. The third-order valence-corrected chi connectivity index (χ3v) is 2.69. The van der Waals surface area contributed by atoms with Gasteiger partial charge in [-0.2, -0.15) is 0 Å². The molecule has 0 aliphatic heterocycles. The molecule has 0 N–H and O–H groups in total. The van der Waals surface area contributed by atoms with Crippen molar-refractivity contribution in [2.75, 3.05) is 0 Å². The maximum absolute atomic E-state index is 10.7. The number of benzene rings is 1. The Kier molecular flexibility index (Phi) is 3.87. The van der Waals surface area contributed by atoms with E-state index >= 15 is 0 Å². The van der Waals surface area contributed by atoms with Gasteiger partial charge < -0.3 is 4.79 Å². The molecule has 0 amide bonds. The fraction of sp³-hybridized carbons (Fsp3) is 0.462. The lowest BCUT2D eigenvalue weighted by atomic mass is 9.93. The van der Waals surface area contributed by atoms with Gasteiger partial charge in [-0.15, -0.1) is 0 Å². The average Bonchev–Trinajstić information content (AvgIpc) is 2.27. The number of aldehydes is 1. The second-order valence-corrected chi connectivity index (χ2v) is 3.67. The van der Waals surface area contributed by atoms with Crippen LogP contribution in [0.2, 0.25) is 0 Å². The van der Waals surface area contributed by atoms with Crippen molar-refractivity contribution in [3.63, 3.8) is 0 Å². The maximum Gasteiger partial charge on any atom is 0.127 e. The van der Waals surface area contributed by atoms with Crippen LogP contribution in [0, 0.1) is 0 Å². The highest BCUT2D eigenvalue weighted by Gasteiger charge is 2.08. The molecular formula is C13H18O. The van der Waals surface area contributed by atoms with Crippen LogP contribution in [0.15, 0.2) is 18.2 Å². The number of carbonyl (C=O) groups excluding carboxylic acids is 1. The van der Waals surface area contributed by atoms with E-state index in [1.54, 1.807) is 0 Å². The second kappa shape index (κ2) is 4.94. The molecule has 1 heteroatoms. The molecule has 1 rings (SSSR count). The summed E-state index contributed by atoms with van der Waals surface area (Å²) in [5.74, 6) is 0.0239. The Balaban J connectivity index is 3.10. The molecule has 76 valence electrons. The van der Waals surface area contributed by atoms with Crippen LogP contribution in [-0.2, 0) is 17.6 Å². The monoisotopic (exact) mass is 190 g/mol. The summed E-state index contributed by atoms with van der Waals surface area (Å²) in [6, 6.07) is 6.43. The van der Waals surface area contributed by atoms with E-state index in [9.17, 15) is 4.79 Å². The SMILES string of the molecule is CCc1ccc(C(C)C=O)c(CC)c1. The number of rotatable bonds is 4. The number of aryl methyl sites for hydroxylation is 2. The fourth-order valence-corrected chi connectivity index (χ4v) is 1.70. The summed E-state index contributed by atoms with van der Waals surface area (Å²) in [6.07, 6.45) is 3.07. The quantitative estimate of drug-likeness (QED) is 0.667. The van der Waals surface area contributed by atoms with Crippen molar-refractivity contribution in [2.45, 2.75) is 39.5 Å². The third-order valence-electron chi connectivity index (χ3n) is 2.69. The molecule has 0 saturated carbocycles. The first-order chi connectivity index (χ1) is 6.72. The molecule has 1 atom stereocenters. The second-order valence-electron chi connectivity index (χ2n) is 3.67. The van der Waals surface area contributed by atoms with Crippen LogP contribution in [0.5, 0.6) is 0 Å². The standard InChI is InChI=1S/C13H18O/c1-4-11-6-7-13(10(3)9-14)12(5-2)8-11/h6-10H,4-5H2,1-3H3. The van der Waals surface area contributed by atoms with Crippen molar-refractivity contribution in [3.05, 3.63) is 34.9 Å². The molecule has 14 heavy (non-hydrogen) atoms. The topological polar surface area (TPSA) is 17.1 Å². The molecule has 1 unspecified atom stereocenters. The van der Waals surface area contributed by atoms with Crippen LogP contribution in [0.3, 0.4) is 0 Å². The van der Waals surface area contributed by atoms with Crippen LogP contribution in [0.4, 0.5) is 0 Å². The minimum Gasteiger partial charge on any atom is -0.303 e. The van der Waals surface area contributed by atoms with Gasteiger partial charge in [0.15, 0.2) is 0 Å². The van der Waals surface area contributed by atoms with Gasteiger partial charge in [-0.3, -0.25) is 0 Å². The van der Waals surface area contributed by atoms with E-state index in [1.807, 2.05) is 6.92 Å². The Morgan fingerprint density at radius 1 is 1.29 bits per heavy atom. The van der Waals surface area contributed by atoms with Crippen molar-refractivity contribution in [1.29, 1.82) is 0 Å². The predicted molar refractivity (Wildman–Crippen MR) is 59.7 cm³/mol. The average molecular weight is 190 g/mol. The molecule has 0 radical (unpaired) electrons. The van der Waals surface area contributed by atoms with Crippen molar-refractivity contribution >= 4 is 6.29 Å². The van der Waals surface area contributed by atoms with Gasteiger partial charge in [0.05, 0.1) is 0 Å². The molecule has 1 nitrogen and oxygen atoms in total. The molecule has 1 aromatic carbocycles. The highest BCUT2D eigenvalue weighted by Crippen LogP contribution is 2.20. The van der Waals surface area contributed by atoms with E-state index in [4.69, 9.17) is 0 Å². The van der Waals surface area contributed by atoms with E-state index in [1.165, 1.54) is 16.7 Å². The lowest BCUT2D eigenvalue weighted by Gasteiger charge is -2.11. The minimum atomic E-state index is 0.0239. The summed E-state index contributed by atoms with van der Waals surface area (Å²) in [7, 11) is 0. The molecule has 0 fully saturated rings. The van der Waals surface area contributed by atoms with Crippen LogP contribution in [0.1, 0.15) is 43.4 Å². The number of carbonyl (C=O) groups is 1. The van der Waals surface area contributed by atoms with Gasteiger partial charge in [-0.1, -0.05) is 39.0 Å². The molecule has 0 spiro atoms. The smallest absolute Gasteiger partial charge is 0.127 e. The first-order valence-corrected chi connectivity index (χ1v) is 5.29. The van der Waals surface area contributed by atoms with E-state index in [0.29, 0.717) is 0 Å². The molecule has 0 saturated heterocycles. The Bertz CT molecular complexity index is 315. The molecule has 0 bridgehead atoms. The summed E-state index contributed by atoms with van der Waals surface area (Å²) in [5.41, 5.74) is 3.84. The van der Waals surface area contributed by atoms with Crippen molar-refractivity contribution in [2.24, 2.45) is 0 Å². The molecule has 0 aromatic heterocycles. The summed E-state index contributed by atoms with van der Waals surface area (Å²) >= 11 is 0. The van der Waals surface area contributed by atoms with E-state index in [2.05, 4.69) is 32.0 Å². The van der Waals surface area contributed by atoms with E-state index in [-0.39, 0.29) is 5.92 Å². The lowest BCUT2D eigenvalue weighted by Crippen LogP contribution is -2.00. The molecule has 1 aromatic rings. The maximum atomic E-state index is 10.7. The highest BCUT2D eigenvalue weighted by atomic mass is 16.1.